The number of carbonyl (C=O) groups excluding carboxylic acids is 2. The van der Waals surface area contributed by atoms with Crippen LogP contribution in [-0.4, -0.2) is 49.6 Å². The van der Waals surface area contributed by atoms with Gasteiger partial charge < -0.3 is 19.1 Å². The van der Waals surface area contributed by atoms with E-state index < -0.39 is 5.92 Å². The van der Waals surface area contributed by atoms with E-state index in [1.165, 1.54) is 21.3 Å². The summed E-state index contributed by atoms with van der Waals surface area (Å²) >= 11 is 0. The van der Waals surface area contributed by atoms with Gasteiger partial charge >= 0.3 is 5.97 Å². The van der Waals surface area contributed by atoms with Crippen LogP contribution in [0.5, 0.6) is 11.5 Å². The molecule has 0 saturated carbocycles. The second-order valence-corrected chi connectivity index (χ2v) is 6.04. The molecule has 0 saturated heterocycles. The summed E-state index contributed by atoms with van der Waals surface area (Å²) in [5.74, 6) is -0.0564. The molecule has 1 aromatic carbocycles. The Morgan fingerprint density at radius 2 is 1.85 bits per heavy atom. The van der Waals surface area contributed by atoms with E-state index in [1.807, 2.05) is 6.07 Å². The molecule has 7 nitrogen and oxygen atoms in total. The molecule has 0 N–H and O–H groups in total. The van der Waals surface area contributed by atoms with Crippen LogP contribution in [0.1, 0.15) is 22.8 Å². The molecule has 0 aliphatic heterocycles. The van der Waals surface area contributed by atoms with Crippen LogP contribution in [0.15, 0.2) is 42.7 Å². The van der Waals surface area contributed by atoms with Gasteiger partial charge in [0.2, 0.25) is 0 Å². The Balaban J connectivity index is 2.30. The van der Waals surface area contributed by atoms with Crippen LogP contribution in [0.3, 0.4) is 0 Å². The van der Waals surface area contributed by atoms with Crippen LogP contribution in [0.2, 0.25) is 0 Å². The first-order valence-electron chi connectivity index (χ1n) is 8.48. The molecule has 0 spiro atoms. The van der Waals surface area contributed by atoms with Gasteiger partial charge in [0, 0.05) is 31.0 Å². The smallest absolute Gasteiger partial charge is 0.310 e. The fourth-order valence-corrected chi connectivity index (χ4v) is 2.69. The van der Waals surface area contributed by atoms with Crippen molar-refractivity contribution in [2.45, 2.75) is 13.5 Å². The minimum Gasteiger partial charge on any atom is -0.493 e. The van der Waals surface area contributed by atoms with Crippen molar-refractivity contribution in [1.82, 2.24) is 9.88 Å². The van der Waals surface area contributed by atoms with Gasteiger partial charge in [-0.25, -0.2) is 0 Å². The van der Waals surface area contributed by atoms with Gasteiger partial charge in [-0.05, 0) is 29.8 Å². The number of methoxy groups -OCH3 is 3. The highest BCUT2D eigenvalue weighted by Crippen LogP contribution is 2.28. The zero-order valence-corrected chi connectivity index (χ0v) is 16.0. The number of carbonyl (C=O) groups is 2. The van der Waals surface area contributed by atoms with E-state index in [-0.39, 0.29) is 18.4 Å². The topological polar surface area (TPSA) is 78.0 Å². The van der Waals surface area contributed by atoms with Crippen LogP contribution in [0, 0.1) is 5.92 Å². The molecule has 144 valence electrons. The fraction of sp³-hybridized carbons (Fsp3) is 0.350. The van der Waals surface area contributed by atoms with Crippen LogP contribution in [0.25, 0.3) is 0 Å². The molecule has 1 amide bonds. The Labute approximate surface area is 158 Å². The van der Waals surface area contributed by atoms with Crippen molar-refractivity contribution in [1.29, 1.82) is 0 Å². The number of amides is 1. The molecule has 1 unspecified atom stereocenters. The van der Waals surface area contributed by atoms with E-state index in [0.717, 1.165) is 5.56 Å². The molecular weight excluding hydrogens is 348 g/mol. The van der Waals surface area contributed by atoms with E-state index in [2.05, 4.69) is 4.98 Å². The number of benzene rings is 1. The highest BCUT2D eigenvalue weighted by molar-refractivity contribution is 5.95. The molecule has 2 rings (SSSR count). The predicted molar refractivity (Wildman–Crippen MR) is 99.7 cm³/mol. The molecule has 0 radical (unpaired) electrons. The largest absolute Gasteiger partial charge is 0.493 e. The Bertz CT molecular complexity index is 779. The van der Waals surface area contributed by atoms with Gasteiger partial charge in [0.1, 0.15) is 0 Å². The molecular formula is C20H24N2O5. The Kier molecular flexibility index (Phi) is 7.16. The number of esters is 1. The third-order valence-electron chi connectivity index (χ3n) is 4.11. The monoisotopic (exact) mass is 372 g/mol. The molecule has 0 aliphatic carbocycles. The molecule has 0 bridgehead atoms. The summed E-state index contributed by atoms with van der Waals surface area (Å²) in [7, 11) is 4.38. The number of hydrogen-bond donors (Lipinski definition) is 0. The SMILES string of the molecule is COC(=O)C(C)CN(Cc1cccnc1)C(=O)c1ccc(OC)c(OC)c1. The number of ether oxygens (including phenoxy) is 3. The molecule has 2 aromatic rings. The number of rotatable bonds is 8. The lowest BCUT2D eigenvalue weighted by atomic mass is 10.1. The Morgan fingerprint density at radius 1 is 1.11 bits per heavy atom. The maximum Gasteiger partial charge on any atom is 0.310 e. The van der Waals surface area contributed by atoms with Crippen molar-refractivity contribution in [3.8, 4) is 11.5 Å². The van der Waals surface area contributed by atoms with Crippen molar-refractivity contribution < 1.29 is 23.8 Å². The van der Waals surface area contributed by atoms with Crippen molar-refractivity contribution in [3.63, 3.8) is 0 Å². The number of pyridine rings is 1. The summed E-state index contributed by atoms with van der Waals surface area (Å²) in [6.45, 7) is 2.26. The fourth-order valence-electron chi connectivity index (χ4n) is 2.69. The van der Waals surface area contributed by atoms with Crippen LogP contribution in [0.4, 0.5) is 0 Å². The van der Waals surface area contributed by atoms with Gasteiger partial charge in [0.05, 0.1) is 27.2 Å². The number of nitrogens with zero attached hydrogens (tertiary/aromatic N) is 2. The van der Waals surface area contributed by atoms with Crippen molar-refractivity contribution in [3.05, 3.63) is 53.9 Å². The van der Waals surface area contributed by atoms with E-state index in [1.54, 1.807) is 48.5 Å². The standard InChI is InChI=1S/C20H24N2O5/c1-14(20(24)27-4)12-22(13-15-6-5-9-21-11-15)19(23)16-7-8-17(25-2)18(10-16)26-3/h5-11,14H,12-13H2,1-4H3. The molecule has 0 fully saturated rings. The van der Waals surface area contributed by atoms with Gasteiger partial charge in [-0.2, -0.15) is 0 Å². The highest BCUT2D eigenvalue weighted by Gasteiger charge is 2.23. The lowest BCUT2D eigenvalue weighted by Gasteiger charge is -2.25. The highest BCUT2D eigenvalue weighted by atomic mass is 16.5. The zero-order valence-electron chi connectivity index (χ0n) is 16.0. The maximum absolute atomic E-state index is 13.1. The lowest BCUT2D eigenvalue weighted by molar-refractivity contribution is -0.145. The van der Waals surface area contributed by atoms with E-state index in [4.69, 9.17) is 14.2 Å². The van der Waals surface area contributed by atoms with E-state index in [9.17, 15) is 9.59 Å². The minimum atomic E-state index is -0.462. The summed E-state index contributed by atoms with van der Waals surface area (Å²) in [6.07, 6.45) is 3.36. The third kappa shape index (κ3) is 5.20. The first-order valence-corrected chi connectivity index (χ1v) is 8.48. The zero-order chi connectivity index (χ0) is 19.8. The average Bonchev–Trinajstić information content (AvgIpc) is 2.72. The number of aromatic nitrogens is 1. The van der Waals surface area contributed by atoms with Gasteiger partial charge in [0.15, 0.2) is 11.5 Å². The summed E-state index contributed by atoms with van der Waals surface area (Å²) in [6, 6.07) is 8.66. The Hall–Kier alpha value is -3.09. The van der Waals surface area contributed by atoms with Crippen LogP contribution >= 0.6 is 0 Å². The average molecular weight is 372 g/mol. The molecule has 7 heteroatoms. The van der Waals surface area contributed by atoms with Gasteiger partial charge in [-0.3, -0.25) is 14.6 Å². The van der Waals surface area contributed by atoms with Crippen molar-refractivity contribution >= 4 is 11.9 Å². The molecule has 1 aromatic heterocycles. The summed E-state index contributed by atoms with van der Waals surface area (Å²) in [4.78, 5) is 30.6. The summed E-state index contributed by atoms with van der Waals surface area (Å²) in [5.41, 5.74) is 1.30. The predicted octanol–water partition coefficient (Wildman–Crippen LogP) is 2.55. The molecule has 1 atom stereocenters. The van der Waals surface area contributed by atoms with Gasteiger partial charge in [0.25, 0.3) is 5.91 Å². The van der Waals surface area contributed by atoms with E-state index >= 15 is 0 Å². The van der Waals surface area contributed by atoms with E-state index in [0.29, 0.717) is 23.6 Å². The van der Waals surface area contributed by atoms with Crippen molar-refractivity contribution in [2.75, 3.05) is 27.9 Å². The van der Waals surface area contributed by atoms with Crippen LogP contribution < -0.4 is 9.47 Å². The normalized spacial score (nSPS) is 11.4. The van der Waals surface area contributed by atoms with Crippen LogP contribution in [-0.2, 0) is 16.1 Å². The lowest BCUT2D eigenvalue weighted by Crippen LogP contribution is -2.37. The maximum atomic E-state index is 13.1. The number of hydrogen-bond acceptors (Lipinski definition) is 6. The second-order valence-electron chi connectivity index (χ2n) is 6.04. The summed E-state index contributed by atoms with van der Waals surface area (Å²) < 4.78 is 15.3. The first-order chi connectivity index (χ1) is 13.0. The van der Waals surface area contributed by atoms with Crippen molar-refractivity contribution in [2.24, 2.45) is 5.92 Å². The second kappa shape index (κ2) is 9.56. The third-order valence-corrected chi connectivity index (χ3v) is 4.11. The first kappa shape index (κ1) is 20.2. The van der Waals surface area contributed by atoms with Gasteiger partial charge in [-0.15, -0.1) is 0 Å². The minimum absolute atomic E-state index is 0.217. The molecule has 27 heavy (non-hydrogen) atoms. The van der Waals surface area contributed by atoms with Gasteiger partial charge in [-0.1, -0.05) is 13.0 Å². The summed E-state index contributed by atoms with van der Waals surface area (Å²) in [5, 5.41) is 0. The molecule has 1 heterocycles. The molecule has 0 aliphatic rings. The quantitative estimate of drug-likeness (QED) is 0.663. The Morgan fingerprint density at radius 3 is 2.44 bits per heavy atom.